The standard InChI is InChI=1S/C28H36F3NOSi/c1-7-32(19-12-8-11-18-26(2,3)4)21-22-14-13-15-23(20-22)33-27(5,6)34-25-17-10-9-16-24(25)28(29,30)31/h8-10,12-17,20H,7,19,21,34H2,1-6H3/b12-8+. The van der Waals surface area contributed by atoms with Gasteiger partial charge in [-0.3, -0.25) is 4.90 Å². The number of hydrogen-bond donors (Lipinski definition) is 0. The third kappa shape index (κ3) is 9.78. The summed E-state index contributed by atoms with van der Waals surface area (Å²) in [7, 11) is -1.38. The van der Waals surface area contributed by atoms with Crippen molar-refractivity contribution in [3.8, 4) is 17.6 Å². The number of ether oxygens (including phenoxy) is 1. The molecule has 0 aliphatic rings. The van der Waals surface area contributed by atoms with Gasteiger partial charge in [0.05, 0.1) is 10.8 Å². The number of hydrogen-bond acceptors (Lipinski definition) is 2. The Kier molecular flexibility index (Phi) is 9.61. The number of benzene rings is 2. The fourth-order valence-electron chi connectivity index (χ4n) is 3.55. The largest absolute Gasteiger partial charge is 0.492 e. The van der Waals surface area contributed by atoms with Crippen molar-refractivity contribution in [2.24, 2.45) is 5.41 Å². The van der Waals surface area contributed by atoms with E-state index in [1.54, 1.807) is 12.1 Å². The molecule has 2 nitrogen and oxygen atoms in total. The Morgan fingerprint density at radius 2 is 1.71 bits per heavy atom. The van der Waals surface area contributed by atoms with E-state index in [1.807, 2.05) is 44.2 Å². The smallest absolute Gasteiger partial charge is 0.416 e. The molecule has 2 rings (SSSR count). The highest BCUT2D eigenvalue weighted by molar-refractivity contribution is 6.57. The van der Waals surface area contributed by atoms with E-state index in [0.717, 1.165) is 31.3 Å². The third-order valence-electron chi connectivity index (χ3n) is 5.10. The molecule has 0 spiro atoms. The van der Waals surface area contributed by atoms with Gasteiger partial charge in [0.1, 0.15) is 15.3 Å². The first-order chi connectivity index (χ1) is 15.8. The molecule has 0 aliphatic carbocycles. The van der Waals surface area contributed by atoms with Gasteiger partial charge >= 0.3 is 6.18 Å². The lowest BCUT2D eigenvalue weighted by atomic mass is 9.98. The lowest BCUT2D eigenvalue weighted by molar-refractivity contribution is -0.136. The van der Waals surface area contributed by atoms with E-state index in [-0.39, 0.29) is 5.41 Å². The molecule has 0 radical (unpaired) electrons. The third-order valence-corrected chi connectivity index (χ3v) is 7.09. The highest BCUT2D eigenvalue weighted by Gasteiger charge is 2.35. The number of likely N-dealkylation sites (N-methyl/N-ethyl adjacent to an activating group) is 1. The molecule has 0 fully saturated rings. The van der Waals surface area contributed by atoms with Crippen LogP contribution in [0.2, 0.25) is 0 Å². The van der Waals surface area contributed by atoms with Crippen molar-refractivity contribution in [1.29, 1.82) is 0 Å². The van der Waals surface area contributed by atoms with Crippen LogP contribution in [0.25, 0.3) is 0 Å². The Morgan fingerprint density at radius 1 is 1.00 bits per heavy atom. The summed E-state index contributed by atoms with van der Waals surface area (Å²) in [5.74, 6) is 6.97. The van der Waals surface area contributed by atoms with Crippen LogP contribution in [0, 0.1) is 17.3 Å². The minimum atomic E-state index is -4.35. The van der Waals surface area contributed by atoms with Crippen LogP contribution < -0.4 is 9.92 Å². The highest BCUT2D eigenvalue weighted by Crippen LogP contribution is 2.28. The minimum absolute atomic E-state index is 0.0132. The maximum absolute atomic E-state index is 13.4. The predicted octanol–water partition coefficient (Wildman–Crippen LogP) is 5.74. The lowest BCUT2D eigenvalue weighted by Crippen LogP contribution is -2.44. The van der Waals surface area contributed by atoms with E-state index < -0.39 is 26.5 Å². The fourth-order valence-corrected chi connectivity index (χ4v) is 5.47. The molecule has 0 N–H and O–H groups in total. The second kappa shape index (κ2) is 11.8. The second-order valence-electron chi connectivity index (χ2n) is 10.1. The summed E-state index contributed by atoms with van der Waals surface area (Å²) in [5, 5.41) is -0.298. The summed E-state index contributed by atoms with van der Waals surface area (Å²) in [4.78, 5) is 2.29. The van der Waals surface area contributed by atoms with Gasteiger partial charge in [-0.1, -0.05) is 66.4 Å². The van der Waals surface area contributed by atoms with Gasteiger partial charge in [-0.05, 0) is 64.9 Å². The number of allylic oxidation sites excluding steroid dienone is 1. The molecule has 184 valence electrons. The Bertz CT molecular complexity index is 1030. The summed E-state index contributed by atoms with van der Waals surface area (Å²) in [6.07, 6.45) is -0.384. The molecular weight excluding hydrogens is 451 g/mol. The van der Waals surface area contributed by atoms with Crippen molar-refractivity contribution >= 4 is 14.7 Å². The van der Waals surface area contributed by atoms with E-state index in [2.05, 4.69) is 50.5 Å². The van der Waals surface area contributed by atoms with E-state index in [0.29, 0.717) is 10.9 Å². The molecule has 0 aliphatic heterocycles. The zero-order valence-corrected chi connectivity index (χ0v) is 22.5. The van der Waals surface area contributed by atoms with Gasteiger partial charge in [-0.25, -0.2) is 0 Å². The van der Waals surface area contributed by atoms with Gasteiger partial charge in [-0.2, -0.15) is 13.2 Å². The van der Waals surface area contributed by atoms with Gasteiger partial charge in [0.25, 0.3) is 0 Å². The van der Waals surface area contributed by atoms with E-state index in [1.165, 1.54) is 6.07 Å². The Labute approximate surface area is 205 Å². The van der Waals surface area contributed by atoms with Crippen molar-refractivity contribution in [2.75, 3.05) is 13.1 Å². The molecule has 0 unspecified atom stereocenters. The first-order valence-corrected chi connectivity index (χ1v) is 13.0. The number of rotatable bonds is 9. The van der Waals surface area contributed by atoms with E-state index in [4.69, 9.17) is 4.74 Å². The summed E-state index contributed by atoms with van der Waals surface area (Å²) >= 11 is 0. The molecule has 0 aromatic heterocycles. The van der Waals surface area contributed by atoms with Crippen LogP contribution in [0.15, 0.2) is 60.7 Å². The van der Waals surface area contributed by atoms with Gasteiger partial charge in [-0.15, -0.1) is 0 Å². The minimum Gasteiger partial charge on any atom is -0.492 e. The van der Waals surface area contributed by atoms with Crippen molar-refractivity contribution in [3.05, 3.63) is 71.8 Å². The average Bonchev–Trinajstić information content (AvgIpc) is 2.71. The van der Waals surface area contributed by atoms with Crippen molar-refractivity contribution in [2.45, 2.75) is 59.5 Å². The molecule has 0 atom stereocenters. The summed E-state index contributed by atoms with van der Waals surface area (Å²) in [6, 6.07) is 13.7. The molecule has 0 amide bonds. The zero-order chi connectivity index (χ0) is 25.4. The molecule has 2 aromatic carbocycles. The number of halogens is 3. The molecule has 0 saturated heterocycles. The summed E-state index contributed by atoms with van der Waals surface area (Å²) in [6.45, 7) is 14.5. The van der Waals surface area contributed by atoms with Gasteiger partial charge in [0.2, 0.25) is 0 Å². The van der Waals surface area contributed by atoms with E-state index >= 15 is 0 Å². The quantitative estimate of drug-likeness (QED) is 0.330. The normalized spacial score (nSPS) is 13.0. The van der Waals surface area contributed by atoms with Crippen LogP contribution in [0.3, 0.4) is 0 Å². The van der Waals surface area contributed by atoms with Crippen LogP contribution >= 0.6 is 0 Å². The van der Waals surface area contributed by atoms with Gasteiger partial charge in [0.15, 0.2) is 0 Å². The molecule has 0 heterocycles. The Balaban J connectivity index is 2.06. The van der Waals surface area contributed by atoms with Crippen molar-refractivity contribution < 1.29 is 17.9 Å². The maximum Gasteiger partial charge on any atom is 0.416 e. The zero-order valence-electron chi connectivity index (χ0n) is 21.1. The summed E-state index contributed by atoms with van der Waals surface area (Å²) < 4.78 is 46.4. The van der Waals surface area contributed by atoms with Gasteiger partial charge in [0, 0.05) is 18.5 Å². The highest BCUT2D eigenvalue weighted by atomic mass is 28.2. The first kappa shape index (κ1) is 27.7. The Hall–Kier alpha value is -2.49. The van der Waals surface area contributed by atoms with Crippen molar-refractivity contribution in [1.82, 2.24) is 4.90 Å². The first-order valence-electron chi connectivity index (χ1n) is 11.6. The maximum atomic E-state index is 13.4. The molecule has 2 aromatic rings. The van der Waals surface area contributed by atoms with Crippen LogP contribution in [0.1, 0.15) is 52.7 Å². The topological polar surface area (TPSA) is 12.5 Å². The van der Waals surface area contributed by atoms with E-state index in [9.17, 15) is 13.2 Å². The molecule has 0 bridgehead atoms. The van der Waals surface area contributed by atoms with Crippen molar-refractivity contribution in [3.63, 3.8) is 0 Å². The van der Waals surface area contributed by atoms with Crippen LogP contribution in [-0.4, -0.2) is 32.7 Å². The van der Waals surface area contributed by atoms with Crippen LogP contribution in [0.4, 0.5) is 13.2 Å². The molecular formula is C28H36F3NOSi. The SMILES string of the molecule is CCN(C/C=C/C#CC(C)(C)C)Cc1cccc(OC(C)(C)[SiH2]c2ccccc2C(F)(F)F)c1. The molecule has 0 saturated carbocycles. The van der Waals surface area contributed by atoms with Crippen LogP contribution in [0.5, 0.6) is 5.75 Å². The molecule has 34 heavy (non-hydrogen) atoms. The van der Waals surface area contributed by atoms with Gasteiger partial charge < -0.3 is 4.74 Å². The predicted molar refractivity (Wildman–Crippen MR) is 138 cm³/mol. The number of nitrogens with zero attached hydrogens (tertiary/aromatic N) is 1. The fraction of sp³-hybridized carbons (Fsp3) is 0.429. The number of alkyl halides is 3. The lowest BCUT2D eigenvalue weighted by Gasteiger charge is -2.28. The average molecular weight is 488 g/mol. The Morgan fingerprint density at radius 3 is 2.35 bits per heavy atom. The monoisotopic (exact) mass is 487 g/mol. The molecule has 6 heteroatoms. The second-order valence-corrected chi connectivity index (χ2v) is 12.9. The van der Waals surface area contributed by atoms with Crippen LogP contribution in [-0.2, 0) is 12.7 Å². The summed E-state index contributed by atoms with van der Waals surface area (Å²) in [5.41, 5.74) is 0.535.